The highest BCUT2D eigenvalue weighted by Crippen LogP contribution is 2.33. The van der Waals surface area contributed by atoms with Crippen LogP contribution in [0, 0.1) is 5.92 Å². The highest BCUT2D eigenvalue weighted by atomic mass is 35.5. The van der Waals surface area contributed by atoms with Crippen LogP contribution in [0.2, 0.25) is 5.02 Å². The lowest BCUT2D eigenvalue weighted by molar-refractivity contribution is -0.142. The highest BCUT2D eigenvalue weighted by molar-refractivity contribution is 6.30. The summed E-state index contributed by atoms with van der Waals surface area (Å²) < 4.78 is 0. The molecule has 1 aliphatic rings. The number of fused-ring (bicyclic) bond motifs is 1. The Morgan fingerprint density at radius 1 is 1.50 bits per heavy atom. The summed E-state index contributed by atoms with van der Waals surface area (Å²) in [5.41, 5.74) is 7.91. The second kappa shape index (κ2) is 5.04. The molecule has 2 atom stereocenters. The summed E-state index contributed by atoms with van der Waals surface area (Å²) in [6.07, 6.45) is 1.04. The molecule has 0 saturated carbocycles. The lowest BCUT2D eigenvalue weighted by atomic mass is 9.81. The summed E-state index contributed by atoms with van der Waals surface area (Å²) in [6.45, 7) is 0. The molecule has 1 aromatic rings. The average molecular weight is 262 g/mol. The fraction of sp³-hybridized carbons (Fsp3) is 0.364. The molecule has 88 valence electrons. The Balaban J connectivity index is 0.00000128. The number of aliphatic carboxylic acids is 1. The zero-order valence-corrected chi connectivity index (χ0v) is 10.1. The highest BCUT2D eigenvalue weighted by Gasteiger charge is 2.28. The van der Waals surface area contributed by atoms with Crippen molar-refractivity contribution in [2.24, 2.45) is 11.7 Å². The lowest BCUT2D eigenvalue weighted by Crippen LogP contribution is -2.28. The van der Waals surface area contributed by atoms with Gasteiger partial charge in [0.15, 0.2) is 0 Å². The Morgan fingerprint density at radius 3 is 2.81 bits per heavy atom. The molecule has 0 amide bonds. The SMILES string of the molecule is Cl.N[C@@H]1C[C@H](C(=O)O)Cc2ccc(Cl)cc21. The number of carbonyl (C=O) groups is 1. The van der Waals surface area contributed by atoms with Crippen molar-refractivity contribution in [3.8, 4) is 0 Å². The minimum absolute atomic E-state index is 0. The van der Waals surface area contributed by atoms with Crippen LogP contribution in [0.3, 0.4) is 0 Å². The maximum atomic E-state index is 10.9. The molecule has 3 N–H and O–H groups in total. The van der Waals surface area contributed by atoms with Gasteiger partial charge in [-0.05, 0) is 36.1 Å². The summed E-state index contributed by atoms with van der Waals surface area (Å²) in [4.78, 5) is 10.9. The van der Waals surface area contributed by atoms with Gasteiger partial charge in [0.1, 0.15) is 0 Å². The van der Waals surface area contributed by atoms with E-state index >= 15 is 0 Å². The second-order valence-corrected chi connectivity index (χ2v) is 4.36. The summed E-state index contributed by atoms with van der Waals surface area (Å²) in [7, 11) is 0. The van der Waals surface area contributed by atoms with Crippen LogP contribution in [0.5, 0.6) is 0 Å². The Morgan fingerprint density at radius 2 is 2.19 bits per heavy atom. The first-order valence-corrected chi connectivity index (χ1v) is 5.22. The molecule has 0 bridgehead atoms. The van der Waals surface area contributed by atoms with E-state index < -0.39 is 5.97 Å². The van der Waals surface area contributed by atoms with Gasteiger partial charge in [0.05, 0.1) is 5.92 Å². The van der Waals surface area contributed by atoms with Crippen LogP contribution in [0.4, 0.5) is 0 Å². The number of benzene rings is 1. The lowest BCUT2D eigenvalue weighted by Gasteiger charge is -2.27. The van der Waals surface area contributed by atoms with Gasteiger partial charge >= 0.3 is 5.97 Å². The summed E-state index contributed by atoms with van der Waals surface area (Å²) in [6, 6.07) is 5.26. The molecule has 0 aromatic heterocycles. The van der Waals surface area contributed by atoms with Crippen LogP contribution in [0.15, 0.2) is 18.2 Å². The van der Waals surface area contributed by atoms with Crippen molar-refractivity contribution in [2.75, 3.05) is 0 Å². The third-order valence-electron chi connectivity index (χ3n) is 2.86. The smallest absolute Gasteiger partial charge is 0.306 e. The molecule has 0 aliphatic heterocycles. The number of nitrogens with two attached hydrogens (primary N) is 1. The first kappa shape index (κ1) is 13.3. The monoisotopic (exact) mass is 261 g/mol. The summed E-state index contributed by atoms with van der Waals surface area (Å²) in [5.74, 6) is -1.14. The fourth-order valence-corrected chi connectivity index (χ4v) is 2.25. The molecule has 0 heterocycles. The standard InChI is InChI=1S/C11H12ClNO2.ClH/c12-8-2-1-6-3-7(11(14)15)4-10(13)9(6)5-8;/h1-2,5,7,10H,3-4,13H2,(H,14,15);1H/t7-,10-;/m1./s1. The Kier molecular flexibility index (Phi) is 4.19. The molecular weight excluding hydrogens is 249 g/mol. The molecule has 0 spiro atoms. The van der Waals surface area contributed by atoms with Crippen LogP contribution in [-0.4, -0.2) is 11.1 Å². The third-order valence-corrected chi connectivity index (χ3v) is 3.10. The molecule has 3 nitrogen and oxygen atoms in total. The number of hydrogen-bond acceptors (Lipinski definition) is 2. The fourth-order valence-electron chi connectivity index (χ4n) is 2.07. The molecule has 16 heavy (non-hydrogen) atoms. The van der Waals surface area contributed by atoms with Gasteiger partial charge in [-0.2, -0.15) is 0 Å². The Labute approximate surface area is 105 Å². The zero-order chi connectivity index (χ0) is 11.0. The molecule has 0 unspecified atom stereocenters. The van der Waals surface area contributed by atoms with Crippen molar-refractivity contribution < 1.29 is 9.90 Å². The van der Waals surface area contributed by atoms with Gasteiger partial charge in [-0.3, -0.25) is 4.79 Å². The van der Waals surface area contributed by atoms with Gasteiger partial charge in [-0.1, -0.05) is 17.7 Å². The van der Waals surface area contributed by atoms with E-state index in [0.29, 0.717) is 17.9 Å². The van der Waals surface area contributed by atoms with Crippen LogP contribution in [0.25, 0.3) is 0 Å². The molecule has 0 radical (unpaired) electrons. The molecule has 0 saturated heterocycles. The topological polar surface area (TPSA) is 63.3 Å². The van der Waals surface area contributed by atoms with E-state index in [1.807, 2.05) is 12.1 Å². The molecule has 2 rings (SSSR count). The maximum Gasteiger partial charge on any atom is 0.306 e. The van der Waals surface area contributed by atoms with Gasteiger partial charge in [0.25, 0.3) is 0 Å². The van der Waals surface area contributed by atoms with E-state index in [4.69, 9.17) is 22.4 Å². The van der Waals surface area contributed by atoms with Crippen LogP contribution < -0.4 is 5.73 Å². The van der Waals surface area contributed by atoms with Crippen LogP contribution in [0.1, 0.15) is 23.6 Å². The number of halogens is 2. The normalized spacial score (nSPS) is 23.1. The van der Waals surface area contributed by atoms with Crippen molar-refractivity contribution in [2.45, 2.75) is 18.9 Å². The minimum Gasteiger partial charge on any atom is -0.481 e. The number of carboxylic acid groups (broad SMARTS) is 1. The van der Waals surface area contributed by atoms with Crippen molar-refractivity contribution >= 4 is 30.0 Å². The van der Waals surface area contributed by atoms with E-state index in [-0.39, 0.29) is 24.4 Å². The van der Waals surface area contributed by atoms with E-state index in [2.05, 4.69) is 0 Å². The van der Waals surface area contributed by atoms with Crippen LogP contribution in [-0.2, 0) is 11.2 Å². The predicted octanol–water partition coefficient (Wildman–Crippen LogP) is 2.41. The molecular formula is C11H13Cl2NO2. The summed E-state index contributed by atoms with van der Waals surface area (Å²) >= 11 is 5.87. The first-order chi connectivity index (χ1) is 7.08. The maximum absolute atomic E-state index is 10.9. The van der Waals surface area contributed by atoms with Gasteiger partial charge < -0.3 is 10.8 Å². The van der Waals surface area contributed by atoms with E-state index in [1.165, 1.54) is 0 Å². The molecule has 0 fully saturated rings. The largest absolute Gasteiger partial charge is 0.481 e. The number of carboxylic acids is 1. The molecule has 1 aliphatic carbocycles. The quantitative estimate of drug-likeness (QED) is 0.816. The van der Waals surface area contributed by atoms with Crippen molar-refractivity contribution in [3.05, 3.63) is 34.3 Å². The zero-order valence-electron chi connectivity index (χ0n) is 8.52. The average Bonchev–Trinajstić information content (AvgIpc) is 2.18. The minimum atomic E-state index is -0.772. The first-order valence-electron chi connectivity index (χ1n) is 4.84. The van der Waals surface area contributed by atoms with Gasteiger partial charge in [0.2, 0.25) is 0 Å². The van der Waals surface area contributed by atoms with Gasteiger partial charge in [-0.15, -0.1) is 12.4 Å². The van der Waals surface area contributed by atoms with Gasteiger partial charge in [0, 0.05) is 11.1 Å². The molecule has 5 heteroatoms. The van der Waals surface area contributed by atoms with Crippen LogP contribution >= 0.6 is 24.0 Å². The third kappa shape index (κ3) is 2.48. The number of rotatable bonds is 1. The second-order valence-electron chi connectivity index (χ2n) is 3.92. The number of hydrogen-bond donors (Lipinski definition) is 2. The van der Waals surface area contributed by atoms with Gasteiger partial charge in [-0.25, -0.2) is 0 Å². The van der Waals surface area contributed by atoms with E-state index in [9.17, 15) is 4.79 Å². The van der Waals surface area contributed by atoms with Crippen molar-refractivity contribution in [1.82, 2.24) is 0 Å². The Bertz CT molecular complexity index is 409. The predicted molar refractivity (Wildman–Crippen MR) is 65.1 cm³/mol. The summed E-state index contributed by atoms with van der Waals surface area (Å²) in [5, 5.41) is 9.61. The van der Waals surface area contributed by atoms with E-state index in [1.54, 1.807) is 6.07 Å². The van der Waals surface area contributed by atoms with Crippen molar-refractivity contribution in [1.29, 1.82) is 0 Å². The van der Waals surface area contributed by atoms with Crippen molar-refractivity contribution in [3.63, 3.8) is 0 Å². The Hall–Kier alpha value is -0.770. The van der Waals surface area contributed by atoms with E-state index in [0.717, 1.165) is 11.1 Å². The molecule has 1 aromatic carbocycles.